The number of carbonyl (C=O) groups is 1. The summed E-state index contributed by atoms with van der Waals surface area (Å²) in [5.41, 5.74) is 0.991. The van der Waals surface area contributed by atoms with Gasteiger partial charge in [-0.15, -0.1) is 0 Å². The number of aromatic nitrogens is 1. The quantitative estimate of drug-likeness (QED) is 0.706. The second-order valence-electron chi connectivity index (χ2n) is 4.49. The van der Waals surface area contributed by atoms with Gasteiger partial charge in [-0.1, -0.05) is 13.8 Å². The van der Waals surface area contributed by atoms with E-state index in [1.807, 2.05) is 0 Å². The minimum absolute atomic E-state index is 0.277. The fourth-order valence-corrected chi connectivity index (χ4v) is 1.94. The van der Waals surface area contributed by atoms with Crippen molar-refractivity contribution in [3.8, 4) is 0 Å². The number of carboxylic acid groups (broad SMARTS) is 1. The highest BCUT2D eigenvalue weighted by Gasteiger charge is 2.06. The molecule has 5 heteroatoms. The van der Waals surface area contributed by atoms with E-state index in [9.17, 15) is 4.79 Å². The van der Waals surface area contributed by atoms with Gasteiger partial charge in [0.05, 0.1) is 5.56 Å². The van der Waals surface area contributed by atoms with E-state index >= 15 is 0 Å². The third-order valence-electron chi connectivity index (χ3n) is 3.05. The van der Waals surface area contributed by atoms with Crippen LogP contribution in [-0.2, 0) is 0 Å². The monoisotopic (exact) mass is 265 g/mol. The first-order valence-electron chi connectivity index (χ1n) is 6.75. The zero-order chi connectivity index (χ0) is 14.3. The van der Waals surface area contributed by atoms with Gasteiger partial charge in [0, 0.05) is 12.2 Å². The maximum Gasteiger partial charge on any atom is 0.335 e. The lowest BCUT2D eigenvalue weighted by molar-refractivity contribution is 0.0696. The summed E-state index contributed by atoms with van der Waals surface area (Å²) < 4.78 is 0. The number of carboxylic acids is 1. The van der Waals surface area contributed by atoms with Crippen molar-refractivity contribution < 1.29 is 9.90 Å². The number of aryl methyl sites for hydroxylation is 1. The molecule has 0 atom stereocenters. The first-order chi connectivity index (χ1) is 9.06. The highest BCUT2D eigenvalue weighted by atomic mass is 16.4. The molecule has 5 nitrogen and oxygen atoms in total. The van der Waals surface area contributed by atoms with Gasteiger partial charge in [0.25, 0.3) is 0 Å². The molecule has 0 aromatic carbocycles. The summed E-state index contributed by atoms with van der Waals surface area (Å²) in [6, 6.07) is 3.15. The molecule has 0 aliphatic heterocycles. The number of aromatic carboxylic acids is 1. The van der Waals surface area contributed by atoms with Crippen molar-refractivity contribution in [2.24, 2.45) is 0 Å². The summed E-state index contributed by atoms with van der Waals surface area (Å²) in [6.45, 7) is 10.1. The van der Waals surface area contributed by atoms with Crippen molar-refractivity contribution in [1.29, 1.82) is 0 Å². The third kappa shape index (κ3) is 5.26. The van der Waals surface area contributed by atoms with E-state index in [2.05, 4.69) is 29.0 Å². The van der Waals surface area contributed by atoms with E-state index in [1.54, 1.807) is 19.1 Å². The van der Waals surface area contributed by atoms with Crippen molar-refractivity contribution in [3.63, 3.8) is 0 Å². The van der Waals surface area contributed by atoms with Crippen molar-refractivity contribution in [2.45, 2.75) is 27.2 Å². The van der Waals surface area contributed by atoms with Crippen LogP contribution in [0.3, 0.4) is 0 Å². The summed E-state index contributed by atoms with van der Waals surface area (Å²) in [4.78, 5) is 17.6. The molecule has 0 bridgehead atoms. The molecule has 1 heterocycles. The van der Waals surface area contributed by atoms with Gasteiger partial charge in [0.1, 0.15) is 5.82 Å². The smallest absolute Gasteiger partial charge is 0.335 e. The molecule has 0 saturated carbocycles. The molecule has 1 aromatic rings. The minimum atomic E-state index is -0.920. The summed E-state index contributed by atoms with van der Waals surface area (Å²) in [6.07, 6.45) is 1.01. The highest BCUT2D eigenvalue weighted by Crippen LogP contribution is 2.10. The molecule has 2 N–H and O–H groups in total. The van der Waals surface area contributed by atoms with E-state index in [1.165, 1.54) is 0 Å². The van der Waals surface area contributed by atoms with Gasteiger partial charge < -0.3 is 15.3 Å². The topological polar surface area (TPSA) is 65.5 Å². The fourth-order valence-electron chi connectivity index (χ4n) is 1.94. The van der Waals surface area contributed by atoms with Gasteiger partial charge in [-0.25, -0.2) is 9.78 Å². The molecule has 0 unspecified atom stereocenters. The summed E-state index contributed by atoms with van der Waals surface area (Å²) >= 11 is 0. The number of pyridine rings is 1. The predicted molar refractivity (Wildman–Crippen MR) is 76.8 cm³/mol. The second kappa shape index (κ2) is 7.74. The fraction of sp³-hybridized carbons (Fsp3) is 0.571. The highest BCUT2D eigenvalue weighted by molar-refractivity contribution is 5.88. The Morgan fingerprint density at radius 1 is 1.37 bits per heavy atom. The molecule has 0 aliphatic rings. The average molecular weight is 265 g/mol. The predicted octanol–water partition coefficient (Wildman–Crippen LogP) is 2.23. The summed E-state index contributed by atoms with van der Waals surface area (Å²) in [5.74, 6) is -0.284. The maximum absolute atomic E-state index is 10.9. The molecule has 0 saturated heterocycles. The second-order valence-corrected chi connectivity index (χ2v) is 4.49. The number of nitrogens with zero attached hydrogens (tertiary/aromatic N) is 2. The van der Waals surface area contributed by atoms with E-state index in [0.717, 1.165) is 32.6 Å². The van der Waals surface area contributed by atoms with Crippen LogP contribution >= 0.6 is 0 Å². The molecule has 19 heavy (non-hydrogen) atoms. The Bertz CT molecular complexity index is 417. The molecule has 0 amide bonds. The Balaban J connectivity index is 2.47. The van der Waals surface area contributed by atoms with E-state index in [-0.39, 0.29) is 5.56 Å². The molecule has 0 aliphatic carbocycles. The zero-order valence-electron chi connectivity index (χ0n) is 11.9. The van der Waals surface area contributed by atoms with Gasteiger partial charge in [-0.3, -0.25) is 0 Å². The van der Waals surface area contributed by atoms with Crippen LogP contribution in [-0.4, -0.2) is 47.1 Å². The lowest BCUT2D eigenvalue weighted by Crippen LogP contribution is -2.25. The van der Waals surface area contributed by atoms with Crippen LogP contribution in [0.5, 0.6) is 0 Å². The number of hydrogen-bond donors (Lipinski definition) is 2. The third-order valence-corrected chi connectivity index (χ3v) is 3.05. The van der Waals surface area contributed by atoms with Gasteiger partial charge in [0.2, 0.25) is 0 Å². The van der Waals surface area contributed by atoms with Crippen molar-refractivity contribution in [3.05, 3.63) is 23.4 Å². The molecule has 1 rings (SSSR count). The lowest BCUT2D eigenvalue weighted by atomic mass is 10.2. The minimum Gasteiger partial charge on any atom is -0.478 e. The van der Waals surface area contributed by atoms with Gasteiger partial charge >= 0.3 is 5.97 Å². The first-order valence-corrected chi connectivity index (χ1v) is 6.75. The van der Waals surface area contributed by atoms with Gasteiger partial charge in [0.15, 0.2) is 0 Å². The van der Waals surface area contributed by atoms with Crippen LogP contribution in [0.15, 0.2) is 12.1 Å². The molecular weight excluding hydrogens is 242 g/mol. The van der Waals surface area contributed by atoms with Gasteiger partial charge in [-0.05, 0) is 45.1 Å². The SMILES string of the molecule is CCN(CC)CCCNc1cc(C(=O)O)cc(C)n1. The molecule has 0 spiro atoms. The standard InChI is InChI=1S/C14H23N3O2/c1-4-17(5-2)8-6-7-15-13-10-12(14(18)19)9-11(3)16-13/h9-10H,4-8H2,1-3H3,(H,15,16)(H,18,19). The first kappa shape index (κ1) is 15.4. The van der Waals surface area contributed by atoms with Crippen molar-refractivity contribution in [2.75, 3.05) is 31.5 Å². The molecule has 0 radical (unpaired) electrons. The van der Waals surface area contributed by atoms with E-state index in [0.29, 0.717) is 11.5 Å². The average Bonchev–Trinajstić information content (AvgIpc) is 2.38. The molecular formula is C14H23N3O2. The Labute approximate surface area is 114 Å². The molecule has 1 aromatic heterocycles. The summed E-state index contributed by atoms with van der Waals surface area (Å²) in [5, 5.41) is 12.2. The van der Waals surface area contributed by atoms with Crippen LogP contribution in [0.4, 0.5) is 5.82 Å². The lowest BCUT2D eigenvalue weighted by Gasteiger charge is -2.17. The number of hydrogen-bond acceptors (Lipinski definition) is 4. The normalized spacial score (nSPS) is 10.7. The number of rotatable bonds is 8. The molecule has 0 fully saturated rings. The van der Waals surface area contributed by atoms with Crippen LogP contribution in [0.1, 0.15) is 36.3 Å². The number of anilines is 1. The Morgan fingerprint density at radius 2 is 2.05 bits per heavy atom. The van der Waals surface area contributed by atoms with Crippen molar-refractivity contribution in [1.82, 2.24) is 9.88 Å². The van der Waals surface area contributed by atoms with Gasteiger partial charge in [-0.2, -0.15) is 0 Å². The largest absolute Gasteiger partial charge is 0.478 e. The molecule has 106 valence electrons. The number of nitrogens with one attached hydrogen (secondary N) is 1. The zero-order valence-corrected chi connectivity index (χ0v) is 11.9. The van der Waals surface area contributed by atoms with E-state index in [4.69, 9.17) is 5.11 Å². The summed E-state index contributed by atoms with van der Waals surface area (Å²) in [7, 11) is 0. The van der Waals surface area contributed by atoms with E-state index < -0.39 is 5.97 Å². The van der Waals surface area contributed by atoms with Crippen LogP contribution < -0.4 is 5.32 Å². The Kier molecular flexibility index (Phi) is 6.29. The Hall–Kier alpha value is -1.62. The van der Waals surface area contributed by atoms with Crippen LogP contribution in [0.2, 0.25) is 0 Å². The Morgan fingerprint density at radius 3 is 2.63 bits per heavy atom. The van der Waals surface area contributed by atoms with Crippen molar-refractivity contribution >= 4 is 11.8 Å². The van der Waals surface area contributed by atoms with Crippen LogP contribution in [0.25, 0.3) is 0 Å². The maximum atomic E-state index is 10.9. The van der Waals surface area contributed by atoms with Crippen LogP contribution in [0, 0.1) is 6.92 Å².